The molecule has 7 nitrogen and oxygen atoms in total. The van der Waals surface area contributed by atoms with Crippen molar-refractivity contribution in [2.45, 2.75) is 11.3 Å². The molecule has 3 aromatic rings. The van der Waals surface area contributed by atoms with Gasteiger partial charge in [0.05, 0.1) is 23.3 Å². The number of carbonyl (C=O) groups is 1. The number of ether oxygens (including phenoxy) is 1. The molecule has 0 aliphatic rings. The Morgan fingerprint density at radius 1 is 1.15 bits per heavy atom. The van der Waals surface area contributed by atoms with E-state index in [9.17, 15) is 13.2 Å². The monoisotopic (exact) mass is 386 g/mol. The number of hydrogen-bond donors (Lipinski definition) is 1. The number of nitrogens with zero attached hydrogens (tertiary/aromatic N) is 1. The molecule has 8 heteroatoms. The van der Waals surface area contributed by atoms with Gasteiger partial charge in [0.2, 0.25) is 15.9 Å². The predicted octanol–water partition coefficient (Wildman–Crippen LogP) is 2.65. The SMILES string of the molecule is COC(=O)c1cccc(S(=O)(=O)NCCc2coc(-c3ccccc3)n2)c1. The molecular formula is C19H18N2O5S. The van der Waals surface area contributed by atoms with Crippen LogP contribution in [0.1, 0.15) is 16.1 Å². The van der Waals surface area contributed by atoms with Crippen molar-refractivity contribution in [3.05, 3.63) is 72.1 Å². The van der Waals surface area contributed by atoms with Gasteiger partial charge in [-0.3, -0.25) is 0 Å². The van der Waals surface area contributed by atoms with Crippen molar-refractivity contribution in [3.8, 4) is 11.5 Å². The average Bonchev–Trinajstić information content (AvgIpc) is 3.17. The van der Waals surface area contributed by atoms with Crippen LogP contribution in [0, 0.1) is 0 Å². The Labute approximate surface area is 157 Å². The van der Waals surface area contributed by atoms with Crippen molar-refractivity contribution in [2.24, 2.45) is 0 Å². The molecule has 0 spiro atoms. The van der Waals surface area contributed by atoms with Gasteiger partial charge in [0.15, 0.2) is 0 Å². The zero-order valence-corrected chi connectivity index (χ0v) is 15.4. The van der Waals surface area contributed by atoms with E-state index in [0.717, 1.165) is 5.56 Å². The van der Waals surface area contributed by atoms with E-state index in [2.05, 4.69) is 14.4 Å². The van der Waals surface area contributed by atoms with E-state index in [4.69, 9.17) is 4.42 Å². The van der Waals surface area contributed by atoms with Crippen molar-refractivity contribution < 1.29 is 22.4 Å². The number of nitrogens with one attached hydrogen (secondary N) is 1. The van der Waals surface area contributed by atoms with E-state index < -0.39 is 16.0 Å². The van der Waals surface area contributed by atoms with Gasteiger partial charge in [-0.2, -0.15) is 0 Å². The molecule has 0 unspecified atom stereocenters. The molecule has 2 aromatic carbocycles. The normalized spacial score (nSPS) is 11.3. The van der Waals surface area contributed by atoms with Gasteiger partial charge in [-0.05, 0) is 30.3 Å². The number of hydrogen-bond acceptors (Lipinski definition) is 6. The molecule has 0 radical (unpaired) electrons. The first kappa shape index (κ1) is 18.8. The maximum atomic E-state index is 12.4. The van der Waals surface area contributed by atoms with Crippen molar-refractivity contribution in [1.82, 2.24) is 9.71 Å². The highest BCUT2D eigenvalue weighted by molar-refractivity contribution is 7.89. The van der Waals surface area contributed by atoms with Gasteiger partial charge < -0.3 is 9.15 Å². The number of benzene rings is 2. The van der Waals surface area contributed by atoms with Crippen LogP contribution in [0.5, 0.6) is 0 Å². The fourth-order valence-corrected chi connectivity index (χ4v) is 3.52. The Balaban J connectivity index is 1.63. The van der Waals surface area contributed by atoms with Crippen molar-refractivity contribution >= 4 is 16.0 Å². The number of methoxy groups -OCH3 is 1. The highest BCUT2D eigenvalue weighted by atomic mass is 32.2. The summed E-state index contributed by atoms with van der Waals surface area (Å²) < 4.78 is 37.3. The van der Waals surface area contributed by atoms with E-state index in [0.29, 0.717) is 18.0 Å². The molecule has 0 atom stereocenters. The lowest BCUT2D eigenvalue weighted by molar-refractivity contribution is 0.0600. The van der Waals surface area contributed by atoms with Gasteiger partial charge in [0, 0.05) is 18.5 Å². The second kappa shape index (κ2) is 8.15. The zero-order valence-electron chi connectivity index (χ0n) is 14.6. The Morgan fingerprint density at radius 2 is 1.93 bits per heavy atom. The van der Waals surface area contributed by atoms with Crippen molar-refractivity contribution in [2.75, 3.05) is 13.7 Å². The fourth-order valence-electron chi connectivity index (χ4n) is 2.44. The summed E-state index contributed by atoms with van der Waals surface area (Å²) in [5.74, 6) is -0.109. The molecule has 0 saturated carbocycles. The van der Waals surface area contributed by atoms with E-state index in [-0.39, 0.29) is 17.0 Å². The van der Waals surface area contributed by atoms with Gasteiger partial charge in [-0.15, -0.1) is 0 Å². The molecule has 0 bridgehead atoms. The van der Waals surface area contributed by atoms with Gasteiger partial charge in [0.25, 0.3) is 0 Å². The van der Waals surface area contributed by atoms with Gasteiger partial charge in [-0.1, -0.05) is 24.3 Å². The summed E-state index contributed by atoms with van der Waals surface area (Å²) in [5.41, 5.74) is 1.66. The molecule has 0 amide bonds. The quantitative estimate of drug-likeness (QED) is 0.627. The summed E-state index contributed by atoms with van der Waals surface area (Å²) in [4.78, 5) is 15.9. The molecule has 1 aromatic heterocycles. The van der Waals surface area contributed by atoms with E-state index in [1.165, 1.54) is 37.6 Å². The Kier molecular flexibility index (Phi) is 5.68. The Bertz CT molecular complexity index is 1030. The van der Waals surface area contributed by atoms with Crippen LogP contribution in [0.3, 0.4) is 0 Å². The second-order valence-electron chi connectivity index (χ2n) is 5.68. The van der Waals surface area contributed by atoms with Gasteiger partial charge >= 0.3 is 5.97 Å². The van der Waals surface area contributed by atoms with Crippen LogP contribution < -0.4 is 4.72 Å². The topological polar surface area (TPSA) is 98.5 Å². The summed E-state index contributed by atoms with van der Waals surface area (Å²) in [6.07, 6.45) is 1.88. The van der Waals surface area contributed by atoms with E-state index in [1.54, 1.807) is 0 Å². The first-order valence-corrected chi connectivity index (χ1v) is 9.66. The lowest BCUT2D eigenvalue weighted by Gasteiger charge is -2.07. The predicted molar refractivity (Wildman–Crippen MR) is 98.6 cm³/mol. The number of sulfonamides is 1. The Morgan fingerprint density at radius 3 is 2.67 bits per heavy atom. The molecule has 27 heavy (non-hydrogen) atoms. The molecule has 0 saturated heterocycles. The number of rotatable bonds is 7. The molecule has 1 N–H and O–H groups in total. The van der Waals surface area contributed by atoms with Gasteiger partial charge in [-0.25, -0.2) is 22.9 Å². The molecule has 0 aliphatic carbocycles. The molecular weight excluding hydrogens is 368 g/mol. The fraction of sp³-hybridized carbons (Fsp3) is 0.158. The first-order chi connectivity index (χ1) is 13.0. The number of aromatic nitrogens is 1. The summed E-state index contributed by atoms with van der Waals surface area (Å²) >= 11 is 0. The first-order valence-electron chi connectivity index (χ1n) is 8.17. The third kappa shape index (κ3) is 4.60. The molecule has 0 aliphatic heterocycles. The zero-order chi connectivity index (χ0) is 19.3. The van der Waals surface area contributed by atoms with Crippen LogP contribution in [0.25, 0.3) is 11.5 Å². The smallest absolute Gasteiger partial charge is 0.337 e. The minimum absolute atomic E-state index is 0.00414. The minimum Gasteiger partial charge on any atom is -0.465 e. The van der Waals surface area contributed by atoms with Crippen LogP contribution >= 0.6 is 0 Å². The number of esters is 1. The molecule has 0 fully saturated rings. The summed E-state index contributed by atoms with van der Waals surface area (Å²) in [6, 6.07) is 15.1. The third-order valence-electron chi connectivity index (χ3n) is 3.81. The highest BCUT2D eigenvalue weighted by Gasteiger charge is 2.16. The summed E-state index contributed by atoms with van der Waals surface area (Å²) in [7, 11) is -2.52. The van der Waals surface area contributed by atoms with Crippen molar-refractivity contribution in [1.29, 1.82) is 0 Å². The van der Waals surface area contributed by atoms with Crippen molar-refractivity contribution in [3.63, 3.8) is 0 Å². The maximum Gasteiger partial charge on any atom is 0.337 e. The summed E-state index contributed by atoms with van der Waals surface area (Å²) in [5, 5.41) is 0. The average molecular weight is 386 g/mol. The highest BCUT2D eigenvalue weighted by Crippen LogP contribution is 2.18. The maximum absolute atomic E-state index is 12.4. The number of carbonyl (C=O) groups excluding carboxylic acids is 1. The molecule has 3 rings (SSSR count). The summed E-state index contributed by atoms with van der Waals surface area (Å²) in [6.45, 7) is 0.144. The van der Waals surface area contributed by atoms with E-state index in [1.807, 2.05) is 30.3 Å². The lowest BCUT2D eigenvalue weighted by Crippen LogP contribution is -2.26. The largest absolute Gasteiger partial charge is 0.465 e. The number of oxazole rings is 1. The second-order valence-corrected chi connectivity index (χ2v) is 7.44. The van der Waals surface area contributed by atoms with Crippen LogP contribution in [-0.2, 0) is 21.2 Å². The van der Waals surface area contributed by atoms with Gasteiger partial charge in [0.1, 0.15) is 6.26 Å². The molecule has 1 heterocycles. The van der Waals surface area contributed by atoms with Crippen LogP contribution in [-0.4, -0.2) is 33.0 Å². The standard InChI is InChI=1S/C19H18N2O5S/c1-25-19(22)15-8-5-9-17(12-15)27(23,24)20-11-10-16-13-26-18(21-16)14-6-3-2-4-7-14/h2-9,12-13,20H,10-11H2,1H3. The molecule has 140 valence electrons. The van der Waals surface area contributed by atoms with Crippen LogP contribution in [0.4, 0.5) is 0 Å². The Hall–Kier alpha value is -2.97. The minimum atomic E-state index is -3.76. The van der Waals surface area contributed by atoms with E-state index >= 15 is 0 Å². The van der Waals surface area contributed by atoms with Crippen LogP contribution in [0.15, 0.2) is 70.2 Å². The lowest BCUT2D eigenvalue weighted by atomic mass is 10.2. The third-order valence-corrected chi connectivity index (χ3v) is 5.27. The van der Waals surface area contributed by atoms with Crippen LogP contribution in [0.2, 0.25) is 0 Å².